The van der Waals surface area contributed by atoms with E-state index in [0.717, 1.165) is 12.3 Å². The average Bonchev–Trinajstić information content (AvgIpc) is 2.36. The quantitative estimate of drug-likeness (QED) is 0.657. The molecule has 1 saturated heterocycles. The zero-order valence-corrected chi connectivity index (χ0v) is 11.1. The molecule has 8 nitrogen and oxygen atoms in total. The summed E-state index contributed by atoms with van der Waals surface area (Å²) < 4.78 is 5.57. The monoisotopic (exact) mass is 281 g/mol. The number of anilines is 1. The van der Waals surface area contributed by atoms with E-state index in [9.17, 15) is 14.9 Å². The van der Waals surface area contributed by atoms with Crippen LogP contribution < -0.4 is 4.90 Å². The van der Waals surface area contributed by atoms with Gasteiger partial charge in [0.15, 0.2) is 0 Å². The van der Waals surface area contributed by atoms with E-state index in [1.807, 2.05) is 13.8 Å². The Morgan fingerprint density at radius 1 is 1.50 bits per heavy atom. The van der Waals surface area contributed by atoms with Gasteiger partial charge in [0.05, 0.1) is 22.7 Å². The number of nitro groups is 1. The maximum atomic E-state index is 11.1. The van der Waals surface area contributed by atoms with Crippen molar-refractivity contribution in [2.45, 2.75) is 26.1 Å². The molecule has 8 heteroatoms. The van der Waals surface area contributed by atoms with Crippen molar-refractivity contribution in [1.29, 1.82) is 0 Å². The first kappa shape index (κ1) is 14.2. The summed E-state index contributed by atoms with van der Waals surface area (Å²) in [6, 6.07) is 1.04. The van der Waals surface area contributed by atoms with E-state index in [0.29, 0.717) is 13.1 Å². The number of hydrogen-bond acceptors (Lipinski definition) is 6. The number of aromatic nitrogens is 1. The molecule has 1 aromatic heterocycles. The zero-order valence-electron chi connectivity index (χ0n) is 11.1. The number of aromatic carboxylic acids is 1. The van der Waals surface area contributed by atoms with Crippen LogP contribution in [0, 0.1) is 10.1 Å². The standard InChI is InChI=1S/C12H15N3O5/c1-7-5-14(6-8(2)20-7)11-10(15(18)19)3-9(4-13-11)12(16)17/h3-4,7-8H,5-6H2,1-2H3,(H,16,17). The number of pyridine rings is 1. The Morgan fingerprint density at radius 3 is 2.60 bits per heavy atom. The van der Waals surface area contributed by atoms with Crippen LogP contribution >= 0.6 is 0 Å². The number of carboxylic acid groups (broad SMARTS) is 1. The molecule has 2 atom stereocenters. The molecule has 1 aliphatic heterocycles. The summed E-state index contributed by atoms with van der Waals surface area (Å²) in [5.74, 6) is -1.06. The van der Waals surface area contributed by atoms with E-state index in [1.165, 1.54) is 0 Å². The predicted molar refractivity (Wildman–Crippen MR) is 70.1 cm³/mol. The fourth-order valence-corrected chi connectivity index (χ4v) is 2.29. The van der Waals surface area contributed by atoms with Gasteiger partial charge in [-0.15, -0.1) is 0 Å². The Hall–Kier alpha value is -2.22. The second-order valence-electron chi connectivity index (χ2n) is 4.79. The van der Waals surface area contributed by atoms with Gasteiger partial charge in [-0.1, -0.05) is 0 Å². The number of nitrogens with zero attached hydrogens (tertiary/aromatic N) is 3. The lowest BCUT2D eigenvalue weighted by molar-refractivity contribution is -0.384. The first-order chi connectivity index (χ1) is 9.38. The third-order valence-electron chi connectivity index (χ3n) is 3.01. The van der Waals surface area contributed by atoms with Gasteiger partial charge < -0.3 is 14.7 Å². The lowest BCUT2D eigenvalue weighted by atomic mass is 10.2. The molecule has 1 fully saturated rings. The van der Waals surface area contributed by atoms with Gasteiger partial charge in [-0.2, -0.15) is 0 Å². The van der Waals surface area contributed by atoms with E-state index in [2.05, 4.69) is 4.98 Å². The first-order valence-electron chi connectivity index (χ1n) is 6.16. The van der Waals surface area contributed by atoms with Crippen molar-refractivity contribution in [3.8, 4) is 0 Å². The average molecular weight is 281 g/mol. The molecule has 0 bridgehead atoms. The van der Waals surface area contributed by atoms with Crippen molar-refractivity contribution >= 4 is 17.5 Å². The van der Waals surface area contributed by atoms with Crippen LogP contribution in [0.25, 0.3) is 0 Å². The minimum Gasteiger partial charge on any atom is -0.478 e. The van der Waals surface area contributed by atoms with Crippen LogP contribution in [0.15, 0.2) is 12.3 Å². The van der Waals surface area contributed by atoms with Crippen molar-refractivity contribution in [2.75, 3.05) is 18.0 Å². The van der Waals surface area contributed by atoms with E-state index >= 15 is 0 Å². The van der Waals surface area contributed by atoms with Crippen molar-refractivity contribution in [3.63, 3.8) is 0 Å². The summed E-state index contributed by atoms with van der Waals surface area (Å²) in [5, 5.41) is 20.0. The Kier molecular flexibility index (Phi) is 3.84. The fourth-order valence-electron chi connectivity index (χ4n) is 2.29. The molecule has 0 radical (unpaired) electrons. The highest BCUT2D eigenvalue weighted by Gasteiger charge is 2.29. The van der Waals surface area contributed by atoms with Gasteiger partial charge in [0.2, 0.25) is 5.82 Å². The lowest BCUT2D eigenvalue weighted by Gasteiger charge is -2.35. The van der Waals surface area contributed by atoms with E-state index in [-0.39, 0.29) is 29.3 Å². The Balaban J connectivity index is 2.40. The van der Waals surface area contributed by atoms with Crippen molar-refractivity contribution < 1.29 is 19.6 Å². The third-order valence-corrected chi connectivity index (χ3v) is 3.01. The van der Waals surface area contributed by atoms with Gasteiger partial charge >= 0.3 is 11.7 Å². The Morgan fingerprint density at radius 2 is 2.10 bits per heavy atom. The van der Waals surface area contributed by atoms with Crippen LogP contribution in [0.1, 0.15) is 24.2 Å². The molecule has 0 aromatic carbocycles. The minimum atomic E-state index is -1.24. The molecule has 20 heavy (non-hydrogen) atoms. The van der Waals surface area contributed by atoms with Crippen LogP contribution in [-0.2, 0) is 4.74 Å². The smallest absolute Gasteiger partial charge is 0.337 e. The SMILES string of the molecule is CC1CN(c2ncc(C(=O)O)cc2[N+](=O)[O-])CC(C)O1. The molecular weight excluding hydrogens is 266 g/mol. The Bertz CT molecular complexity index is 538. The van der Waals surface area contributed by atoms with Crippen LogP contribution in [0.4, 0.5) is 11.5 Å². The van der Waals surface area contributed by atoms with Crippen LogP contribution in [-0.4, -0.2) is 46.3 Å². The van der Waals surface area contributed by atoms with Gasteiger partial charge in [-0.3, -0.25) is 10.1 Å². The van der Waals surface area contributed by atoms with Crippen molar-refractivity contribution in [3.05, 3.63) is 27.9 Å². The van der Waals surface area contributed by atoms with Crippen LogP contribution in [0.5, 0.6) is 0 Å². The fraction of sp³-hybridized carbons (Fsp3) is 0.500. The second-order valence-corrected chi connectivity index (χ2v) is 4.79. The molecule has 108 valence electrons. The number of morpholine rings is 1. The number of ether oxygens (including phenoxy) is 1. The largest absolute Gasteiger partial charge is 0.478 e. The van der Waals surface area contributed by atoms with Gasteiger partial charge in [0.25, 0.3) is 0 Å². The summed E-state index contributed by atoms with van der Waals surface area (Å²) in [5.41, 5.74) is -0.499. The molecule has 2 rings (SSSR count). The number of rotatable bonds is 3. The highest BCUT2D eigenvalue weighted by Crippen LogP contribution is 2.29. The molecule has 1 N–H and O–H groups in total. The normalized spacial score (nSPS) is 22.6. The van der Waals surface area contributed by atoms with Gasteiger partial charge in [0, 0.05) is 25.4 Å². The lowest BCUT2D eigenvalue weighted by Crippen LogP contribution is -2.46. The van der Waals surface area contributed by atoms with Crippen molar-refractivity contribution in [2.24, 2.45) is 0 Å². The van der Waals surface area contributed by atoms with Crippen LogP contribution in [0.2, 0.25) is 0 Å². The van der Waals surface area contributed by atoms with E-state index in [4.69, 9.17) is 9.84 Å². The second kappa shape index (κ2) is 5.41. The Labute approximate surface area is 115 Å². The molecule has 1 aromatic rings. The number of hydrogen-bond donors (Lipinski definition) is 1. The summed E-state index contributed by atoms with van der Waals surface area (Å²) in [6.45, 7) is 4.70. The molecule has 0 aliphatic carbocycles. The van der Waals surface area contributed by atoms with Gasteiger partial charge in [0.1, 0.15) is 0 Å². The number of carboxylic acids is 1. The van der Waals surface area contributed by atoms with Gasteiger partial charge in [-0.25, -0.2) is 9.78 Å². The van der Waals surface area contributed by atoms with Crippen molar-refractivity contribution in [1.82, 2.24) is 4.98 Å². The maximum absolute atomic E-state index is 11.1. The third kappa shape index (κ3) is 2.85. The molecule has 2 unspecified atom stereocenters. The topological polar surface area (TPSA) is 106 Å². The maximum Gasteiger partial charge on any atom is 0.337 e. The first-order valence-corrected chi connectivity index (χ1v) is 6.16. The number of carbonyl (C=O) groups is 1. The highest BCUT2D eigenvalue weighted by molar-refractivity contribution is 5.88. The molecule has 0 spiro atoms. The molecule has 0 saturated carbocycles. The predicted octanol–water partition coefficient (Wildman–Crippen LogP) is 1.30. The summed E-state index contributed by atoms with van der Waals surface area (Å²) in [6.07, 6.45) is 0.994. The highest BCUT2D eigenvalue weighted by atomic mass is 16.6. The summed E-state index contributed by atoms with van der Waals surface area (Å²) >= 11 is 0. The summed E-state index contributed by atoms with van der Waals surface area (Å²) in [4.78, 5) is 27.1. The molecule has 1 aliphatic rings. The molecular formula is C12H15N3O5. The molecule has 0 amide bonds. The zero-order chi connectivity index (χ0) is 14.9. The summed E-state index contributed by atoms with van der Waals surface area (Å²) in [7, 11) is 0. The van der Waals surface area contributed by atoms with E-state index in [1.54, 1.807) is 4.90 Å². The van der Waals surface area contributed by atoms with Crippen LogP contribution in [0.3, 0.4) is 0 Å². The van der Waals surface area contributed by atoms with Gasteiger partial charge in [-0.05, 0) is 13.8 Å². The van der Waals surface area contributed by atoms with E-state index < -0.39 is 10.9 Å². The minimum absolute atomic E-state index is 0.0701. The molecule has 2 heterocycles.